The molecule has 0 unspecified atom stereocenters. The fraction of sp³-hybridized carbons (Fsp3) is 0.235. The van der Waals surface area contributed by atoms with Gasteiger partial charge in [0, 0.05) is 55.1 Å². The Morgan fingerprint density at radius 3 is 2.68 bits per heavy atom. The molecule has 2 rings (SSSR count). The molecule has 0 amide bonds. The molecule has 0 saturated carbocycles. The molecule has 0 aliphatic carbocycles. The first-order valence-electron chi connectivity index (χ1n) is 6.93. The number of hydrogen-bond acceptors (Lipinski definition) is 5. The third-order valence-electron chi connectivity index (χ3n) is 3.23. The molecule has 2 aromatic rings. The Hall–Kier alpha value is -2.69. The summed E-state index contributed by atoms with van der Waals surface area (Å²) in [5.41, 5.74) is 2.89. The third-order valence-corrected chi connectivity index (χ3v) is 3.23. The summed E-state index contributed by atoms with van der Waals surface area (Å²) in [6.07, 6.45) is 3.06. The highest BCUT2D eigenvalue weighted by Gasteiger charge is 2.05. The van der Waals surface area contributed by atoms with Crippen molar-refractivity contribution in [1.82, 2.24) is 4.98 Å². The quantitative estimate of drug-likeness (QED) is 0.680. The minimum Gasteiger partial charge on any atom is -0.507 e. The highest BCUT2D eigenvalue weighted by molar-refractivity contribution is 5.98. The second-order valence-corrected chi connectivity index (χ2v) is 5.22. The Morgan fingerprint density at radius 1 is 1.32 bits per heavy atom. The normalized spacial score (nSPS) is 10.9. The molecule has 0 bridgehead atoms. The maximum Gasteiger partial charge on any atom is 0.185 e. The zero-order valence-corrected chi connectivity index (χ0v) is 12.9. The van der Waals surface area contributed by atoms with E-state index in [4.69, 9.17) is 0 Å². The first kappa shape index (κ1) is 15.7. The number of Topliss-reactive ketones (excluding diaryl/α,β-unsaturated/α-hetero) is 1. The van der Waals surface area contributed by atoms with E-state index in [1.165, 1.54) is 6.21 Å². The molecule has 22 heavy (non-hydrogen) atoms. The van der Waals surface area contributed by atoms with Gasteiger partial charge >= 0.3 is 0 Å². The monoisotopic (exact) mass is 297 g/mol. The van der Waals surface area contributed by atoms with Crippen molar-refractivity contribution in [1.29, 1.82) is 0 Å². The lowest BCUT2D eigenvalue weighted by Gasteiger charge is -2.12. The van der Waals surface area contributed by atoms with Gasteiger partial charge in [-0.1, -0.05) is 0 Å². The summed E-state index contributed by atoms with van der Waals surface area (Å²) < 4.78 is 0. The molecule has 0 spiro atoms. The zero-order valence-electron chi connectivity index (χ0n) is 12.9. The number of nitrogens with zero attached hydrogens (tertiary/aromatic N) is 3. The molecule has 0 saturated heterocycles. The summed E-state index contributed by atoms with van der Waals surface area (Å²) in [6.45, 7) is 1.90. The average molecular weight is 297 g/mol. The Bertz CT molecular complexity index is 692. The molecule has 5 heteroatoms. The van der Waals surface area contributed by atoms with Crippen molar-refractivity contribution in [3.05, 3.63) is 53.3 Å². The molecule has 0 atom stereocenters. The third kappa shape index (κ3) is 3.91. The van der Waals surface area contributed by atoms with Gasteiger partial charge in [-0.2, -0.15) is 0 Å². The van der Waals surface area contributed by atoms with E-state index in [-0.39, 0.29) is 18.1 Å². The summed E-state index contributed by atoms with van der Waals surface area (Å²) in [4.78, 5) is 22.0. The van der Waals surface area contributed by atoms with Crippen LogP contribution in [0.4, 0.5) is 5.69 Å². The molecule has 114 valence electrons. The lowest BCUT2D eigenvalue weighted by Crippen LogP contribution is -2.08. The minimum absolute atomic E-state index is 0.0274. The van der Waals surface area contributed by atoms with E-state index in [2.05, 4.69) is 9.98 Å². The lowest BCUT2D eigenvalue weighted by molar-refractivity contribution is 0.100. The summed E-state index contributed by atoms with van der Waals surface area (Å²) in [5.74, 6) is 0.0348. The highest BCUT2D eigenvalue weighted by atomic mass is 16.3. The van der Waals surface area contributed by atoms with Gasteiger partial charge in [0.05, 0.1) is 0 Å². The summed E-state index contributed by atoms with van der Waals surface area (Å²) in [7, 11) is 3.80. The highest BCUT2D eigenvalue weighted by Crippen LogP contribution is 2.22. The number of aromatic nitrogens is 1. The van der Waals surface area contributed by atoms with E-state index < -0.39 is 0 Å². The summed E-state index contributed by atoms with van der Waals surface area (Å²) in [6, 6.07) is 8.85. The first-order chi connectivity index (χ1) is 10.5. The van der Waals surface area contributed by atoms with Crippen LogP contribution >= 0.6 is 0 Å². The smallest absolute Gasteiger partial charge is 0.185 e. The first-order valence-corrected chi connectivity index (χ1v) is 6.93. The fourth-order valence-electron chi connectivity index (χ4n) is 1.87. The van der Waals surface area contributed by atoms with Gasteiger partial charge in [-0.15, -0.1) is 0 Å². The van der Waals surface area contributed by atoms with Gasteiger partial charge < -0.3 is 10.0 Å². The van der Waals surface area contributed by atoms with Crippen LogP contribution in [0.25, 0.3) is 0 Å². The van der Waals surface area contributed by atoms with Crippen molar-refractivity contribution in [2.45, 2.75) is 6.92 Å². The zero-order chi connectivity index (χ0) is 16.1. The summed E-state index contributed by atoms with van der Waals surface area (Å²) in [5, 5.41) is 9.94. The number of ketones is 1. The van der Waals surface area contributed by atoms with E-state index in [9.17, 15) is 9.90 Å². The maximum absolute atomic E-state index is 12.0. The van der Waals surface area contributed by atoms with Crippen LogP contribution in [0.2, 0.25) is 0 Å². The maximum atomic E-state index is 12.0. The number of carbonyl (C=O) groups is 1. The molecule has 1 aromatic heterocycles. The van der Waals surface area contributed by atoms with E-state index in [1.54, 1.807) is 30.5 Å². The number of anilines is 1. The predicted molar refractivity (Wildman–Crippen MR) is 88.2 cm³/mol. The van der Waals surface area contributed by atoms with Gasteiger partial charge in [-0.25, -0.2) is 0 Å². The van der Waals surface area contributed by atoms with Crippen LogP contribution in [0.3, 0.4) is 0 Å². The summed E-state index contributed by atoms with van der Waals surface area (Å²) >= 11 is 0. The molecular formula is C17H19N3O2. The van der Waals surface area contributed by atoms with Gasteiger partial charge in [0.2, 0.25) is 0 Å². The van der Waals surface area contributed by atoms with Crippen molar-refractivity contribution in [2.75, 3.05) is 25.5 Å². The van der Waals surface area contributed by atoms with E-state index in [1.807, 2.05) is 32.0 Å². The Balaban J connectivity index is 2.03. The largest absolute Gasteiger partial charge is 0.507 e. The fourth-order valence-corrected chi connectivity index (χ4v) is 1.87. The van der Waals surface area contributed by atoms with Gasteiger partial charge in [0.25, 0.3) is 0 Å². The predicted octanol–water partition coefficient (Wildman–Crippen LogP) is 2.46. The van der Waals surface area contributed by atoms with Crippen LogP contribution in [0.5, 0.6) is 5.75 Å². The molecule has 0 aliphatic heterocycles. The van der Waals surface area contributed by atoms with E-state index in [0.29, 0.717) is 11.1 Å². The number of pyridine rings is 1. The van der Waals surface area contributed by atoms with Crippen molar-refractivity contribution in [2.24, 2.45) is 4.99 Å². The SMILES string of the molecule is Cc1ccc(C(=O)CN=Cc2ccc(N(C)C)cc2O)cn1. The topological polar surface area (TPSA) is 65.8 Å². The molecule has 0 fully saturated rings. The minimum atomic E-state index is -0.104. The Morgan fingerprint density at radius 2 is 2.09 bits per heavy atom. The number of rotatable bonds is 5. The van der Waals surface area contributed by atoms with Gasteiger partial charge in [-0.3, -0.25) is 14.8 Å². The number of aryl methyl sites for hydroxylation is 1. The molecule has 1 aromatic carbocycles. The number of phenolic OH excluding ortho intramolecular Hbond substituents is 1. The molecule has 5 nitrogen and oxygen atoms in total. The van der Waals surface area contributed by atoms with Crippen molar-refractivity contribution >= 4 is 17.7 Å². The Labute approximate surface area is 130 Å². The van der Waals surface area contributed by atoms with Gasteiger partial charge in [0.15, 0.2) is 5.78 Å². The molecule has 0 aliphatic rings. The van der Waals surface area contributed by atoms with Crippen LogP contribution in [-0.2, 0) is 0 Å². The number of carbonyl (C=O) groups excluding carboxylic acids is 1. The number of aliphatic imine (C=N–C) groups is 1. The Kier molecular flexibility index (Phi) is 4.88. The molecule has 1 N–H and O–H groups in total. The van der Waals surface area contributed by atoms with Crippen molar-refractivity contribution in [3.63, 3.8) is 0 Å². The van der Waals surface area contributed by atoms with Crippen LogP contribution in [0.15, 0.2) is 41.5 Å². The average Bonchev–Trinajstić information content (AvgIpc) is 2.49. The van der Waals surface area contributed by atoms with E-state index >= 15 is 0 Å². The van der Waals surface area contributed by atoms with Crippen LogP contribution in [0.1, 0.15) is 21.6 Å². The molecule has 0 radical (unpaired) electrons. The van der Waals surface area contributed by atoms with Crippen LogP contribution < -0.4 is 4.90 Å². The van der Waals surface area contributed by atoms with Crippen molar-refractivity contribution < 1.29 is 9.90 Å². The molecule has 1 heterocycles. The number of benzene rings is 1. The lowest BCUT2D eigenvalue weighted by atomic mass is 10.1. The molecular weight excluding hydrogens is 278 g/mol. The van der Waals surface area contributed by atoms with Gasteiger partial charge in [-0.05, 0) is 31.2 Å². The number of hydrogen-bond donors (Lipinski definition) is 1. The van der Waals surface area contributed by atoms with Gasteiger partial charge in [0.1, 0.15) is 12.3 Å². The second kappa shape index (κ2) is 6.85. The van der Waals surface area contributed by atoms with E-state index in [0.717, 1.165) is 11.4 Å². The second-order valence-electron chi connectivity index (χ2n) is 5.22. The number of phenols is 1. The van der Waals surface area contributed by atoms with Crippen molar-refractivity contribution in [3.8, 4) is 5.75 Å². The number of aromatic hydroxyl groups is 1. The van der Waals surface area contributed by atoms with Crippen LogP contribution in [0, 0.1) is 6.92 Å². The van der Waals surface area contributed by atoms with Crippen LogP contribution in [-0.4, -0.2) is 42.7 Å². The standard InChI is InChI=1S/C17H19N3O2/c1-12-4-5-14(10-19-12)17(22)11-18-9-13-6-7-15(20(2)3)8-16(13)21/h4-10,21H,11H2,1-3H3.